The Morgan fingerprint density at radius 1 is 1.50 bits per heavy atom. The van der Waals surface area contributed by atoms with Crippen molar-refractivity contribution in [1.82, 2.24) is 4.72 Å². The monoisotopic (exact) mass is 299 g/mol. The quantitative estimate of drug-likeness (QED) is 0.780. The van der Waals surface area contributed by atoms with Crippen LogP contribution in [0.15, 0.2) is 23.1 Å². The Labute approximate surface area is 120 Å². The second-order valence-electron chi connectivity index (χ2n) is 4.98. The summed E-state index contributed by atoms with van der Waals surface area (Å²) < 4.78 is 30.9. The van der Waals surface area contributed by atoms with Gasteiger partial charge in [0.1, 0.15) is 0 Å². The molecule has 7 heteroatoms. The Kier molecular flexibility index (Phi) is 4.52. The first-order valence-electron chi connectivity index (χ1n) is 6.55. The van der Waals surface area contributed by atoms with E-state index in [1.54, 1.807) is 19.2 Å². The van der Waals surface area contributed by atoms with Crippen LogP contribution in [-0.2, 0) is 14.8 Å². The number of nitrogens with zero attached hydrogens (tertiary/aromatic N) is 1. The smallest absolute Gasteiger partial charge is 0.240 e. The molecule has 0 aliphatic carbocycles. The van der Waals surface area contributed by atoms with Gasteiger partial charge in [0.05, 0.1) is 22.9 Å². The van der Waals surface area contributed by atoms with E-state index < -0.39 is 10.0 Å². The zero-order chi connectivity index (χ0) is 14.8. The maximum Gasteiger partial charge on any atom is 0.240 e. The molecule has 1 atom stereocenters. The molecule has 6 nitrogen and oxygen atoms in total. The molecule has 0 saturated carbocycles. The van der Waals surface area contributed by atoms with Crippen LogP contribution in [0.4, 0.5) is 11.4 Å². The maximum atomic E-state index is 11.7. The molecule has 1 saturated heterocycles. The molecule has 2 rings (SSSR count). The number of anilines is 2. The van der Waals surface area contributed by atoms with Crippen LogP contribution in [-0.4, -0.2) is 42.3 Å². The van der Waals surface area contributed by atoms with Gasteiger partial charge in [-0.15, -0.1) is 0 Å². The third-order valence-electron chi connectivity index (χ3n) is 3.61. The van der Waals surface area contributed by atoms with Crippen LogP contribution in [0.2, 0.25) is 0 Å². The lowest BCUT2D eigenvalue weighted by molar-refractivity contribution is 0.161. The number of methoxy groups -OCH3 is 1. The summed E-state index contributed by atoms with van der Waals surface area (Å²) in [6.07, 6.45) is 1.06. The van der Waals surface area contributed by atoms with E-state index in [2.05, 4.69) is 9.62 Å². The minimum Gasteiger partial charge on any atom is -0.397 e. The first-order chi connectivity index (χ1) is 9.47. The number of hydrogen-bond acceptors (Lipinski definition) is 5. The van der Waals surface area contributed by atoms with E-state index in [0.29, 0.717) is 11.6 Å². The normalized spacial score (nSPS) is 19.5. The fourth-order valence-corrected chi connectivity index (χ4v) is 3.29. The van der Waals surface area contributed by atoms with Crippen molar-refractivity contribution in [3.8, 4) is 0 Å². The highest BCUT2D eigenvalue weighted by atomic mass is 32.2. The van der Waals surface area contributed by atoms with Crippen molar-refractivity contribution in [2.75, 3.05) is 44.5 Å². The molecule has 1 aromatic carbocycles. The molecule has 0 spiro atoms. The summed E-state index contributed by atoms with van der Waals surface area (Å²) in [5, 5.41) is 0. The van der Waals surface area contributed by atoms with Crippen molar-refractivity contribution in [3.05, 3.63) is 18.2 Å². The van der Waals surface area contributed by atoms with Crippen molar-refractivity contribution in [3.63, 3.8) is 0 Å². The van der Waals surface area contributed by atoms with Crippen molar-refractivity contribution >= 4 is 21.4 Å². The Morgan fingerprint density at radius 2 is 2.25 bits per heavy atom. The Bertz CT molecular complexity index is 574. The molecule has 20 heavy (non-hydrogen) atoms. The van der Waals surface area contributed by atoms with Gasteiger partial charge in [0.2, 0.25) is 10.0 Å². The summed E-state index contributed by atoms with van der Waals surface area (Å²) in [6.45, 7) is 2.54. The van der Waals surface area contributed by atoms with E-state index in [4.69, 9.17) is 10.5 Å². The maximum absolute atomic E-state index is 11.7. The molecule has 1 unspecified atom stereocenters. The first kappa shape index (κ1) is 15.1. The zero-order valence-corrected chi connectivity index (χ0v) is 12.6. The predicted molar refractivity (Wildman–Crippen MR) is 79.3 cm³/mol. The number of nitrogen functional groups attached to an aromatic ring is 1. The number of nitrogens with two attached hydrogens (primary N) is 1. The number of sulfonamides is 1. The van der Waals surface area contributed by atoms with Crippen LogP contribution in [0.1, 0.15) is 6.42 Å². The van der Waals surface area contributed by atoms with Gasteiger partial charge in [-0.25, -0.2) is 13.1 Å². The topological polar surface area (TPSA) is 84.7 Å². The summed E-state index contributed by atoms with van der Waals surface area (Å²) in [6, 6.07) is 4.86. The van der Waals surface area contributed by atoms with Crippen LogP contribution < -0.4 is 15.4 Å². The van der Waals surface area contributed by atoms with E-state index in [1.165, 1.54) is 13.1 Å². The molecule has 1 aliphatic heterocycles. The molecule has 3 N–H and O–H groups in total. The highest BCUT2D eigenvalue weighted by Crippen LogP contribution is 2.30. The Hall–Kier alpha value is -1.31. The summed E-state index contributed by atoms with van der Waals surface area (Å²) in [7, 11) is -0.362. The molecule has 1 aliphatic rings. The van der Waals surface area contributed by atoms with Crippen LogP contribution in [0.25, 0.3) is 0 Å². The molecule has 0 aromatic heterocycles. The molecule has 1 aromatic rings. The van der Waals surface area contributed by atoms with Crippen LogP contribution >= 0.6 is 0 Å². The van der Waals surface area contributed by atoms with Gasteiger partial charge in [-0.05, 0) is 31.7 Å². The third kappa shape index (κ3) is 3.05. The van der Waals surface area contributed by atoms with Crippen LogP contribution in [0.3, 0.4) is 0 Å². The Morgan fingerprint density at radius 3 is 2.85 bits per heavy atom. The summed E-state index contributed by atoms with van der Waals surface area (Å²) >= 11 is 0. The van der Waals surface area contributed by atoms with Gasteiger partial charge in [0.25, 0.3) is 0 Å². The van der Waals surface area contributed by atoms with E-state index in [1.807, 2.05) is 0 Å². The van der Waals surface area contributed by atoms with E-state index >= 15 is 0 Å². The minimum atomic E-state index is -3.45. The van der Waals surface area contributed by atoms with Crippen molar-refractivity contribution in [1.29, 1.82) is 0 Å². The van der Waals surface area contributed by atoms with Crippen molar-refractivity contribution in [2.24, 2.45) is 5.92 Å². The predicted octanol–water partition coefficient (Wildman–Crippen LogP) is 0.650. The summed E-state index contributed by atoms with van der Waals surface area (Å²) in [5.74, 6) is 0.500. The van der Waals surface area contributed by atoms with Gasteiger partial charge < -0.3 is 15.4 Å². The number of benzene rings is 1. The molecule has 0 amide bonds. The minimum absolute atomic E-state index is 0.189. The second-order valence-corrected chi connectivity index (χ2v) is 6.87. The number of ether oxygens (including phenoxy) is 1. The lowest BCUT2D eigenvalue weighted by Crippen LogP contribution is -2.23. The standard InChI is InChI=1S/C13H21N3O3S/c1-15-20(17,18)11-3-4-13(12(14)7-11)16-6-5-10(8-16)9-19-2/h3-4,7,10,15H,5-6,8-9,14H2,1-2H3. The van der Waals surface area contributed by atoms with E-state index in [9.17, 15) is 8.42 Å². The zero-order valence-electron chi connectivity index (χ0n) is 11.8. The van der Waals surface area contributed by atoms with Gasteiger partial charge in [-0.1, -0.05) is 0 Å². The average molecular weight is 299 g/mol. The molecular formula is C13H21N3O3S. The molecule has 0 radical (unpaired) electrons. The lowest BCUT2D eigenvalue weighted by Gasteiger charge is -2.21. The summed E-state index contributed by atoms with van der Waals surface area (Å²) in [4.78, 5) is 2.36. The fourth-order valence-electron chi connectivity index (χ4n) is 2.53. The van der Waals surface area contributed by atoms with Crippen LogP contribution in [0.5, 0.6) is 0 Å². The first-order valence-corrected chi connectivity index (χ1v) is 8.03. The van der Waals surface area contributed by atoms with Crippen molar-refractivity contribution in [2.45, 2.75) is 11.3 Å². The molecular weight excluding hydrogens is 278 g/mol. The van der Waals surface area contributed by atoms with Crippen LogP contribution in [0, 0.1) is 5.92 Å². The fraction of sp³-hybridized carbons (Fsp3) is 0.538. The molecule has 1 heterocycles. The van der Waals surface area contributed by atoms with E-state index in [0.717, 1.165) is 31.8 Å². The SMILES string of the molecule is CNS(=O)(=O)c1ccc(N2CCC(COC)C2)c(N)c1. The highest BCUT2D eigenvalue weighted by molar-refractivity contribution is 7.89. The highest BCUT2D eigenvalue weighted by Gasteiger charge is 2.24. The largest absolute Gasteiger partial charge is 0.397 e. The van der Waals surface area contributed by atoms with Gasteiger partial charge >= 0.3 is 0 Å². The lowest BCUT2D eigenvalue weighted by atomic mass is 10.1. The number of nitrogens with one attached hydrogen (secondary N) is 1. The average Bonchev–Trinajstić information content (AvgIpc) is 2.87. The second kappa shape index (κ2) is 5.99. The van der Waals surface area contributed by atoms with Gasteiger partial charge in [0.15, 0.2) is 0 Å². The van der Waals surface area contributed by atoms with Crippen molar-refractivity contribution < 1.29 is 13.2 Å². The Balaban J connectivity index is 2.19. The molecule has 1 fully saturated rings. The number of hydrogen-bond donors (Lipinski definition) is 2. The van der Waals surface area contributed by atoms with E-state index in [-0.39, 0.29) is 4.90 Å². The molecule has 112 valence electrons. The summed E-state index contributed by atoms with van der Waals surface area (Å²) in [5.41, 5.74) is 7.38. The third-order valence-corrected chi connectivity index (χ3v) is 5.02. The van der Waals surface area contributed by atoms with Gasteiger partial charge in [-0.3, -0.25) is 0 Å². The van der Waals surface area contributed by atoms with Gasteiger partial charge in [-0.2, -0.15) is 0 Å². The number of rotatable bonds is 5. The van der Waals surface area contributed by atoms with Gasteiger partial charge in [0, 0.05) is 26.1 Å². The molecule has 0 bridgehead atoms.